The molecule has 1 N–H and O–H groups in total. The minimum Gasteiger partial charge on any atom is -0.324 e. The second kappa shape index (κ2) is 6.01. The van der Waals surface area contributed by atoms with Gasteiger partial charge in [0.25, 0.3) is 5.56 Å². The number of carbonyl (C=O) groups excluding carboxylic acids is 1. The van der Waals surface area contributed by atoms with Gasteiger partial charge in [-0.1, -0.05) is 30.3 Å². The molecule has 1 aromatic carbocycles. The van der Waals surface area contributed by atoms with Crippen LogP contribution in [0.2, 0.25) is 0 Å². The highest BCUT2D eigenvalue weighted by molar-refractivity contribution is 5.88. The van der Waals surface area contributed by atoms with Crippen molar-refractivity contribution in [3.05, 3.63) is 58.6 Å². The summed E-state index contributed by atoms with van der Waals surface area (Å²) in [5, 5.41) is 2.61. The fourth-order valence-corrected chi connectivity index (χ4v) is 2.71. The Morgan fingerprint density at radius 2 is 2.09 bits per heavy atom. The molecule has 0 saturated carbocycles. The van der Waals surface area contributed by atoms with Gasteiger partial charge in [-0.05, 0) is 12.0 Å². The molecule has 3 rings (SSSR count). The van der Waals surface area contributed by atoms with Crippen molar-refractivity contribution in [1.82, 2.24) is 14.5 Å². The molecule has 2 heterocycles. The molecule has 2 amide bonds. The highest BCUT2D eigenvalue weighted by Gasteiger charge is 2.27. The Morgan fingerprint density at radius 1 is 1.32 bits per heavy atom. The number of carbonyl (C=O) groups is 1. The monoisotopic (exact) mass is 298 g/mol. The van der Waals surface area contributed by atoms with Crippen molar-refractivity contribution >= 4 is 11.8 Å². The molecule has 0 unspecified atom stereocenters. The summed E-state index contributed by atoms with van der Waals surface area (Å²) in [6, 6.07) is 9.90. The first-order valence-electron chi connectivity index (χ1n) is 7.27. The van der Waals surface area contributed by atoms with Gasteiger partial charge in [-0.25, -0.2) is 9.78 Å². The van der Waals surface area contributed by atoms with E-state index in [1.54, 1.807) is 18.1 Å². The average molecular weight is 298 g/mol. The third-order valence-corrected chi connectivity index (χ3v) is 3.99. The maximum atomic E-state index is 12.3. The van der Waals surface area contributed by atoms with Crippen LogP contribution >= 0.6 is 0 Å². The first-order chi connectivity index (χ1) is 10.6. The van der Waals surface area contributed by atoms with Crippen LogP contribution in [-0.4, -0.2) is 33.6 Å². The number of anilines is 1. The molecule has 0 bridgehead atoms. The fraction of sp³-hybridized carbons (Fsp3) is 0.312. The van der Waals surface area contributed by atoms with Crippen LogP contribution in [0.25, 0.3) is 0 Å². The van der Waals surface area contributed by atoms with E-state index in [0.717, 1.165) is 6.42 Å². The molecule has 0 radical (unpaired) electrons. The van der Waals surface area contributed by atoms with E-state index < -0.39 is 0 Å². The lowest BCUT2D eigenvalue weighted by atomic mass is 9.99. The van der Waals surface area contributed by atoms with Gasteiger partial charge in [0.05, 0.1) is 0 Å². The normalized spacial score (nSPS) is 17.5. The number of nitrogens with one attached hydrogen (secondary N) is 1. The molecule has 1 aliphatic rings. The Labute approximate surface area is 128 Å². The summed E-state index contributed by atoms with van der Waals surface area (Å²) in [5.74, 6) is 0.414. The summed E-state index contributed by atoms with van der Waals surface area (Å²) in [5.41, 5.74) is 0.932. The zero-order chi connectivity index (χ0) is 15.5. The molecule has 0 spiro atoms. The van der Waals surface area contributed by atoms with Crippen LogP contribution in [-0.2, 0) is 7.05 Å². The number of urea groups is 1. The zero-order valence-electron chi connectivity index (χ0n) is 12.4. The highest BCUT2D eigenvalue weighted by Crippen LogP contribution is 2.27. The lowest BCUT2D eigenvalue weighted by Crippen LogP contribution is -2.35. The molecular weight excluding hydrogens is 280 g/mol. The van der Waals surface area contributed by atoms with E-state index in [1.807, 2.05) is 18.2 Å². The Bertz CT molecular complexity index is 726. The quantitative estimate of drug-likeness (QED) is 0.919. The van der Waals surface area contributed by atoms with Crippen molar-refractivity contribution in [2.75, 3.05) is 18.4 Å². The molecule has 1 saturated heterocycles. The minimum absolute atomic E-state index is 0.0677. The molecule has 6 nitrogen and oxygen atoms in total. The molecule has 22 heavy (non-hydrogen) atoms. The smallest absolute Gasteiger partial charge is 0.323 e. The number of aryl methyl sites for hydroxylation is 1. The number of amides is 2. The van der Waals surface area contributed by atoms with Gasteiger partial charge in [0, 0.05) is 38.4 Å². The van der Waals surface area contributed by atoms with Crippen molar-refractivity contribution in [3.63, 3.8) is 0 Å². The van der Waals surface area contributed by atoms with Crippen molar-refractivity contribution in [1.29, 1.82) is 0 Å². The number of hydrogen-bond donors (Lipinski definition) is 1. The van der Waals surface area contributed by atoms with Crippen LogP contribution in [0.1, 0.15) is 17.9 Å². The average Bonchev–Trinajstić information content (AvgIpc) is 3.03. The first-order valence-corrected chi connectivity index (χ1v) is 7.27. The van der Waals surface area contributed by atoms with Crippen LogP contribution in [0.5, 0.6) is 0 Å². The van der Waals surface area contributed by atoms with Gasteiger partial charge in [0.1, 0.15) is 0 Å². The lowest BCUT2D eigenvalue weighted by molar-refractivity contribution is 0.222. The first kappa shape index (κ1) is 14.3. The third kappa shape index (κ3) is 2.86. The maximum absolute atomic E-state index is 12.3. The minimum atomic E-state index is -0.311. The van der Waals surface area contributed by atoms with Crippen LogP contribution in [0, 0.1) is 0 Å². The maximum Gasteiger partial charge on any atom is 0.323 e. The molecule has 1 fully saturated rings. The van der Waals surface area contributed by atoms with E-state index in [4.69, 9.17) is 0 Å². The van der Waals surface area contributed by atoms with E-state index in [-0.39, 0.29) is 17.4 Å². The Kier molecular flexibility index (Phi) is 3.91. The van der Waals surface area contributed by atoms with E-state index in [0.29, 0.717) is 19.0 Å². The Morgan fingerprint density at radius 3 is 2.86 bits per heavy atom. The van der Waals surface area contributed by atoms with Crippen molar-refractivity contribution in [2.45, 2.75) is 12.3 Å². The summed E-state index contributed by atoms with van der Waals surface area (Å²) in [6.07, 6.45) is 3.98. The van der Waals surface area contributed by atoms with Crippen LogP contribution in [0.3, 0.4) is 0 Å². The molecule has 2 aromatic rings. The fourth-order valence-electron chi connectivity index (χ4n) is 2.71. The summed E-state index contributed by atoms with van der Waals surface area (Å²) >= 11 is 0. The number of benzene rings is 1. The van der Waals surface area contributed by atoms with Crippen molar-refractivity contribution in [2.24, 2.45) is 7.05 Å². The standard InChI is InChI=1S/C16H18N4O2/c1-19-10-8-17-14(15(19)21)18-16(22)20-9-7-13(11-20)12-5-3-2-4-6-12/h2-6,8,10,13H,7,9,11H2,1H3,(H,17,18,22)/t13-/m1/s1. The van der Waals surface area contributed by atoms with Gasteiger partial charge < -0.3 is 9.47 Å². The second-order valence-electron chi connectivity index (χ2n) is 5.46. The van der Waals surface area contributed by atoms with Gasteiger partial charge in [0.15, 0.2) is 0 Å². The molecule has 0 aliphatic carbocycles. The molecule has 1 atom stereocenters. The van der Waals surface area contributed by atoms with Crippen LogP contribution in [0.15, 0.2) is 47.5 Å². The third-order valence-electron chi connectivity index (χ3n) is 3.99. The molecule has 6 heteroatoms. The topological polar surface area (TPSA) is 67.2 Å². The Hall–Kier alpha value is -2.63. The Balaban J connectivity index is 1.67. The summed E-state index contributed by atoms with van der Waals surface area (Å²) in [7, 11) is 1.63. The number of aromatic nitrogens is 2. The second-order valence-corrected chi connectivity index (χ2v) is 5.46. The van der Waals surface area contributed by atoms with Gasteiger partial charge in [-0.15, -0.1) is 0 Å². The number of hydrogen-bond acceptors (Lipinski definition) is 3. The number of nitrogens with zero attached hydrogens (tertiary/aromatic N) is 3. The summed E-state index contributed by atoms with van der Waals surface area (Å²) in [6.45, 7) is 1.33. The molecule has 1 aliphatic heterocycles. The van der Waals surface area contributed by atoms with Crippen LogP contribution in [0.4, 0.5) is 10.6 Å². The lowest BCUT2D eigenvalue weighted by Gasteiger charge is -2.17. The van der Waals surface area contributed by atoms with Crippen molar-refractivity contribution < 1.29 is 4.79 Å². The van der Waals surface area contributed by atoms with E-state index in [9.17, 15) is 9.59 Å². The SMILES string of the molecule is Cn1ccnc(NC(=O)N2CC[C@@H](c3ccccc3)C2)c1=O. The zero-order valence-corrected chi connectivity index (χ0v) is 12.4. The van der Waals surface area contributed by atoms with Gasteiger partial charge in [-0.2, -0.15) is 0 Å². The van der Waals surface area contributed by atoms with Gasteiger partial charge in [-0.3, -0.25) is 10.1 Å². The predicted octanol–water partition coefficient (Wildman–Crippen LogP) is 1.80. The van der Waals surface area contributed by atoms with Gasteiger partial charge in [0.2, 0.25) is 5.82 Å². The van der Waals surface area contributed by atoms with Crippen molar-refractivity contribution in [3.8, 4) is 0 Å². The number of likely N-dealkylation sites (tertiary alicyclic amines) is 1. The largest absolute Gasteiger partial charge is 0.324 e. The molecule has 114 valence electrons. The molecular formula is C16H18N4O2. The van der Waals surface area contributed by atoms with Crippen LogP contribution < -0.4 is 10.9 Å². The number of rotatable bonds is 2. The van der Waals surface area contributed by atoms with E-state index in [2.05, 4.69) is 22.4 Å². The summed E-state index contributed by atoms with van der Waals surface area (Å²) in [4.78, 5) is 29.8. The molecule has 1 aromatic heterocycles. The van der Waals surface area contributed by atoms with E-state index >= 15 is 0 Å². The highest BCUT2D eigenvalue weighted by atomic mass is 16.2. The van der Waals surface area contributed by atoms with E-state index in [1.165, 1.54) is 16.3 Å². The predicted molar refractivity (Wildman–Crippen MR) is 83.9 cm³/mol. The summed E-state index contributed by atoms with van der Waals surface area (Å²) < 4.78 is 1.39. The van der Waals surface area contributed by atoms with Gasteiger partial charge >= 0.3 is 6.03 Å².